The molecule has 0 saturated heterocycles. The SMILES string of the molecule is CN1C=CN(C[P+](N)(c2ccccc2)c2ccccc2)C1I. The Morgan fingerprint density at radius 1 is 0.955 bits per heavy atom. The molecule has 0 aromatic heterocycles. The third-order valence-electron chi connectivity index (χ3n) is 3.92. The predicted molar refractivity (Wildman–Crippen MR) is 105 cm³/mol. The lowest BCUT2D eigenvalue weighted by molar-refractivity contribution is 0.308. The van der Waals surface area contributed by atoms with Crippen molar-refractivity contribution >= 4 is 40.6 Å². The molecule has 2 N–H and O–H groups in total. The van der Waals surface area contributed by atoms with Gasteiger partial charge in [0.15, 0.2) is 17.9 Å². The number of hydrogen-bond acceptors (Lipinski definition) is 3. The summed E-state index contributed by atoms with van der Waals surface area (Å²) >= 11 is 2.45. The summed E-state index contributed by atoms with van der Waals surface area (Å²) in [4.78, 5) is 4.52. The topological polar surface area (TPSA) is 32.5 Å². The monoisotopic (exact) mass is 424 g/mol. The molecule has 2 aromatic carbocycles. The zero-order valence-corrected chi connectivity index (χ0v) is 15.6. The number of nitrogens with two attached hydrogens (primary N) is 1. The Balaban J connectivity index is 1.99. The van der Waals surface area contributed by atoms with Crippen LogP contribution in [0.5, 0.6) is 0 Å². The molecule has 5 heteroatoms. The van der Waals surface area contributed by atoms with Crippen LogP contribution in [0.15, 0.2) is 73.1 Å². The highest BCUT2D eigenvalue weighted by Crippen LogP contribution is 2.49. The molecule has 1 heterocycles. The Labute approximate surface area is 146 Å². The minimum absolute atomic E-state index is 0.313. The van der Waals surface area contributed by atoms with Gasteiger partial charge in [0.1, 0.15) is 10.6 Å². The van der Waals surface area contributed by atoms with Crippen LogP contribution in [0, 0.1) is 0 Å². The highest BCUT2D eigenvalue weighted by molar-refractivity contribution is 14.1. The second-order valence-corrected chi connectivity index (χ2v) is 9.64. The molecule has 114 valence electrons. The molecule has 0 bridgehead atoms. The van der Waals surface area contributed by atoms with Gasteiger partial charge in [-0.25, -0.2) is 0 Å². The molecule has 1 atom stereocenters. The van der Waals surface area contributed by atoms with Crippen molar-refractivity contribution in [3.63, 3.8) is 0 Å². The molecule has 3 rings (SSSR count). The van der Waals surface area contributed by atoms with E-state index in [-0.39, 0.29) is 0 Å². The van der Waals surface area contributed by atoms with Gasteiger partial charge in [-0.1, -0.05) is 36.4 Å². The third-order valence-corrected chi connectivity index (χ3v) is 8.73. The summed E-state index contributed by atoms with van der Waals surface area (Å²) < 4.78 is 0.313. The highest BCUT2D eigenvalue weighted by Gasteiger charge is 2.42. The van der Waals surface area contributed by atoms with E-state index in [1.54, 1.807) is 0 Å². The largest absolute Gasteiger partial charge is 0.351 e. The molecular weight excluding hydrogens is 404 g/mol. The van der Waals surface area contributed by atoms with E-state index in [0.29, 0.717) is 4.17 Å². The summed E-state index contributed by atoms with van der Waals surface area (Å²) in [6.07, 6.45) is 5.09. The van der Waals surface area contributed by atoms with Crippen LogP contribution in [-0.4, -0.2) is 27.3 Å². The Hall–Kier alpha value is -1.10. The number of nitrogens with zero attached hydrogens (tertiary/aromatic N) is 2. The first kappa shape index (κ1) is 15.8. The maximum atomic E-state index is 7.04. The van der Waals surface area contributed by atoms with Gasteiger partial charge in [-0.2, -0.15) is 5.50 Å². The highest BCUT2D eigenvalue weighted by atomic mass is 127. The second kappa shape index (κ2) is 6.57. The first-order chi connectivity index (χ1) is 10.6. The van der Waals surface area contributed by atoms with Gasteiger partial charge in [0, 0.05) is 19.4 Å². The number of benzene rings is 2. The van der Waals surface area contributed by atoms with Crippen molar-refractivity contribution in [2.75, 3.05) is 13.3 Å². The fourth-order valence-corrected chi connectivity index (χ4v) is 6.32. The average molecular weight is 424 g/mol. The van der Waals surface area contributed by atoms with Gasteiger partial charge in [-0.15, -0.1) is 0 Å². The molecule has 22 heavy (non-hydrogen) atoms. The van der Waals surface area contributed by atoms with Crippen LogP contribution in [0.1, 0.15) is 0 Å². The molecule has 0 aliphatic carbocycles. The zero-order valence-electron chi connectivity index (χ0n) is 12.5. The molecule has 1 aliphatic heterocycles. The van der Waals surface area contributed by atoms with E-state index in [1.165, 1.54) is 10.6 Å². The lowest BCUT2D eigenvalue weighted by Crippen LogP contribution is -2.40. The van der Waals surface area contributed by atoms with Gasteiger partial charge in [-0.3, -0.25) is 0 Å². The molecule has 0 amide bonds. The van der Waals surface area contributed by atoms with Crippen molar-refractivity contribution in [2.24, 2.45) is 5.50 Å². The van der Waals surface area contributed by atoms with Crippen molar-refractivity contribution in [1.82, 2.24) is 9.80 Å². The average Bonchev–Trinajstić information content (AvgIpc) is 2.88. The van der Waals surface area contributed by atoms with Crippen LogP contribution in [0.25, 0.3) is 0 Å². The molecule has 0 radical (unpaired) electrons. The number of halogens is 1. The van der Waals surface area contributed by atoms with E-state index >= 15 is 0 Å². The van der Waals surface area contributed by atoms with Crippen LogP contribution < -0.4 is 16.1 Å². The van der Waals surface area contributed by atoms with Crippen LogP contribution in [-0.2, 0) is 0 Å². The summed E-state index contributed by atoms with van der Waals surface area (Å²) in [6, 6.07) is 21.0. The van der Waals surface area contributed by atoms with Gasteiger partial charge >= 0.3 is 0 Å². The fourth-order valence-electron chi connectivity index (χ4n) is 2.64. The predicted octanol–water partition coefficient (Wildman–Crippen LogP) is 2.92. The minimum atomic E-state index is -1.94. The summed E-state index contributed by atoms with van der Waals surface area (Å²) in [5.41, 5.74) is 7.04. The van der Waals surface area contributed by atoms with Crippen LogP contribution in [0.2, 0.25) is 0 Å². The zero-order chi connectivity index (χ0) is 15.6. The van der Waals surface area contributed by atoms with Gasteiger partial charge < -0.3 is 9.80 Å². The van der Waals surface area contributed by atoms with Crippen molar-refractivity contribution in [3.05, 3.63) is 73.1 Å². The van der Waals surface area contributed by atoms with E-state index in [9.17, 15) is 0 Å². The number of alkyl halides is 1. The standard InChI is InChI=1S/C17H20IN3P/c1-20-12-13-21(17(20)18)14-22(19,15-8-4-2-5-9-15)16-10-6-3-7-11-16/h2-13,17H,14,19H2,1H3/q+1. The number of hydrogen-bond donors (Lipinski definition) is 1. The van der Waals surface area contributed by atoms with Crippen molar-refractivity contribution in [1.29, 1.82) is 0 Å². The Bertz CT molecular complexity index is 608. The van der Waals surface area contributed by atoms with E-state index in [1.807, 2.05) is 12.1 Å². The molecule has 1 aliphatic rings. The first-order valence-electron chi connectivity index (χ1n) is 7.19. The molecule has 2 aromatic rings. The van der Waals surface area contributed by atoms with Crippen molar-refractivity contribution in [2.45, 2.75) is 4.17 Å². The van der Waals surface area contributed by atoms with E-state index in [2.05, 4.69) is 100 Å². The van der Waals surface area contributed by atoms with Crippen molar-refractivity contribution in [3.8, 4) is 0 Å². The molecule has 0 fully saturated rings. The van der Waals surface area contributed by atoms with Crippen LogP contribution >= 0.6 is 30.0 Å². The van der Waals surface area contributed by atoms with E-state index < -0.39 is 7.41 Å². The van der Waals surface area contributed by atoms with Gasteiger partial charge in [-0.05, 0) is 46.9 Å². The first-order valence-corrected chi connectivity index (χ1v) is 10.5. The molecular formula is C17H20IN3P+. The van der Waals surface area contributed by atoms with Gasteiger partial charge in [0.2, 0.25) is 0 Å². The molecule has 0 saturated carbocycles. The lowest BCUT2D eigenvalue weighted by Gasteiger charge is -2.30. The summed E-state index contributed by atoms with van der Waals surface area (Å²) in [5, 5.41) is 2.49. The lowest BCUT2D eigenvalue weighted by atomic mass is 10.4. The van der Waals surface area contributed by atoms with Crippen LogP contribution in [0.3, 0.4) is 0 Å². The number of rotatable bonds is 4. The maximum Gasteiger partial charge on any atom is 0.163 e. The fraction of sp³-hybridized carbons (Fsp3) is 0.176. The van der Waals surface area contributed by atoms with E-state index in [0.717, 1.165) is 6.29 Å². The third kappa shape index (κ3) is 3.00. The summed E-state index contributed by atoms with van der Waals surface area (Å²) in [7, 11) is 0.149. The van der Waals surface area contributed by atoms with Gasteiger partial charge in [0.05, 0.1) is 0 Å². The summed E-state index contributed by atoms with van der Waals surface area (Å²) in [5.74, 6) is 0. The Morgan fingerprint density at radius 3 is 1.86 bits per heavy atom. The minimum Gasteiger partial charge on any atom is -0.351 e. The smallest absolute Gasteiger partial charge is 0.163 e. The normalized spacial score (nSPS) is 18.0. The Morgan fingerprint density at radius 2 is 1.45 bits per heavy atom. The van der Waals surface area contributed by atoms with Crippen LogP contribution in [0.4, 0.5) is 0 Å². The molecule has 3 nitrogen and oxygen atoms in total. The molecule has 0 spiro atoms. The maximum absolute atomic E-state index is 7.04. The van der Waals surface area contributed by atoms with E-state index in [4.69, 9.17) is 5.50 Å². The Kier molecular flexibility index (Phi) is 4.71. The molecule has 1 unspecified atom stereocenters. The quantitative estimate of drug-likeness (QED) is 0.355. The van der Waals surface area contributed by atoms with Crippen molar-refractivity contribution < 1.29 is 0 Å². The summed E-state index contributed by atoms with van der Waals surface area (Å²) in [6.45, 7) is 0. The second-order valence-electron chi connectivity index (χ2n) is 5.47. The van der Waals surface area contributed by atoms with Gasteiger partial charge in [0.25, 0.3) is 0 Å².